The number of H-pyrrole nitrogens is 1. The summed E-state index contributed by atoms with van der Waals surface area (Å²) in [5.41, 5.74) is 2.46. The molecule has 188 valence electrons. The van der Waals surface area contributed by atoms with Crippen molar-refractivity contribution in [3.63, 3.8) is 0 Å². The molecule has 0 spiro atoms. The molecule has 3 fully saturated rings. The number of terminal acetylenes is 1. The Morgan fingerprint density at radius 2 is 2.11 bits per heavy atom. The van der Waals surface area contributed by atoms with E-state index in [1.807, 2.05) is 0 Å². The molecule has 5 rings (SSSR count). The minimum absolute atomic E-state index is 0.0734. The molecule has 1 aromatic rings. The van der Waals surface area contributed by atoms with E-state index >= 15 is 0 Å². The quantitative estimate of drug-likeness (QED) is 0.428. The Morgan fingerprint density at radius 3 is 2.89 bits per heavy atom. The van der Waals surface area contributed by atoms with Crippen LogP contribution in [0, 0.1) is 40.9 Å². The second kappa shape index (κ2) is 9.13. The Bertz CT molecular complexity index is 1060. The lowest BCUT2D eigenvalue weighted by atomic mass is 9.46. The Kier molecular flexibility index (Phi) is 6.29. The molecule has 3 saturated carbocycles. The van der Waals surface area contributed by atoms with Crippen LogP contribution in [0.3, 0.4) is 0 Å². The largest absolute Gasteiger partial charge is 0.385 e. The highest BCUT2D eigenvalue weighted by atomic mass is 16.6. The molecule has 0 unspecified atom stereocenters. The van der Waals surface area contributed by atoms with E-state index in [1.165, 1.54) is 5.57 Å². The van der Waals surface area contributed by atoms with Gasteiger partial charge in [-0.3, -0.25) is 4.79 Å². The Morgan fingerprint density at radius 1 is 1.29 bits per heavy atom. The highest BCUT2D eigenvalue weighted by Gasteiger charge is 2.63. The summed E-state index contributed by atoms with van der Waals surface area (Å²) >= 11 is 0. The smallest absolute Gasteiger partial charge is 0.260 e. The van der Waals surface area contributed by atoms with E-state index in [0.29, 0.717) is 30.7 Å². The predicted molar refractivity (Wildman–Crippen MR) is 134 cm³/mol. The van der Waals surface area contributed by atoms with Crippen molar-refractivity contribution in [3.8, 4) is 12.3 Å². The number of aliphatic hydroxyl groups is 1. The van der Waals surface area contributed by atoms with E-state index in [4.69, 9.17) is 11.3 Å². The lowest BCUT2D eigenvalue weighted by Gasteiger charge is -2.58. The summed E-state index contributed by atoms with van der Waals surface area (Å²) in [6.45, 7) is 5.14. The number of fused-ring (bicyclic) bond motifs is 5. The van der Waals surface area contributed by atoms with Crippen molar-refractivity contribution in [1.29, 1.82) is 0 Å². The minimum atomic E-state index is -0.950. The fraction of sp³-hybridized carbons (Fsp3) is 0.679. The van der Waals surface area contributed by atoms with Gasteiger partial charge in [-0.25, -0.2) is 4.98 Å². The summed E-state index contributed by atoms with van der Waals surface area (Å²) < 4.78 is 0. The van der Waals surface area contributed by atoms with E-state index < -0.39 is 5.60 Å². The van der Waals surface area contributed by atoms with Gasteiger partial charge in [0.05, 0.1) is 12.0 Å². The van der Waals surface area contributed by atoms with Crippen molar-refractivity contribution >= 4 is 11.6 Å². The fourth-order valence-electron chi connectivity index (χ4n) is 7.88. The molecule has 1 heterocycles. The highest BCUT2D eigenvalue weighted by Crippen LogP contribution is 2.67. The van der Waals surface area contributed by atoms with E-state index in [2.05, 4.69) is 46.3 Å². The molecule has 0 aliphatic heterocycles. The maximum Gasteiger partial charge on any atom is 0.260 e. The van der Waals surface area contributed by atoms with E-state index in [0.717, 1.165) is 62.8 Å². The fourth-order valence-corrected chi connectivity index (χ4v) is 7.88. The minimum Gasteiger partial charge on any atom is -0.385 e. The predicted octanol–water partition coefficient (Wildman–Crippen LogP) is 3.77. The number of rotatable bonds is 6. The molecule has 0 bridgehead atoms. The van der Waals surface area contributed by atoms with Crippen LogP contribution in [0.15, 0.2) is 29.3 Å². The van der Waals surface area contributed by atoms with Crippen molar-refractivity contribution in [2.24, 2.45) is 33.7 Å². The average molecular weight is 479 g/mol. The molecule has 3 N–H and O–H groups in total. The molecule has 1 amide bonds. The van der Waals surface area contributed by atoms with E-state index in [1.54, 1.807) is 12.5 Å². The second-order valence-electron chi connectivity index (χ2n) is 11.5. The summed E-state index contributed by atoms with van der Waals surface area (Å²) in [6.07, 6.45) is 20.2. The molecule has 0 saturated heterocycles. The maximum absolute atomic E-state index is 12.1. The van der Waals surface area contributed by atoms with Crippen molar-refractivity contribution in [3.05, 3.63) is 29.9 Å². The molecule has 0 aromatic carbocycles. The number of nitrogens with one attached hydrogen (secondary N) is 2. The van der Waals surface area contributed by atoms with Crippen LogP contribution in [0.4, 0.5) is 0 Å². The molecular formula is C28H38N4O3. The SMILES string of the molecule is C#C[C@@]1(O)CC[C@@H]2[C@H]3CCC4=C/C(=N/OCC(=O)NCCc5cnc[nH]5)CC[C@]4(C)[C@H]3CC[C@@]21C. The molecular weight excluding hydrogens is 440 g/mol. The van der Waals surface area contributed by atoms with Crippen LogP contribution < -0.4 is 5.32 Å². The highest BCUT2D eigenvalue weighted by molar-refractivity contribution is 5.96. The molecule has 7 nitrogen and oxygen atoms in total. The molecule has 4 aliphatic carbocycles. The molecule has 7 heteroatoms. The third-order valence-corrected chi connectivity index (χ3v) is 10.0. The first-order valence-electron chi connectivity index (χ1n) is 13.1. The number of carbonyl (C=O) groups is 1. The van der Waals surface area contributed by atoms with E-state index in [-0.39, 0.29) is 23.3 Å². The van der Waals surface area contributed by atoms with Gasteiger partial charge in [0.15, 0.2) is 6.61 Å². The summed E-state index contributed by atoms with van der Waals surface area (Å²) in [4.78, 5) is 24.5. The number of carbonyl (C=O) groups excluding carboxylic acids is 1. The lowest BCUT2D eigenvalue weighted by molar-refractivity contribution is -0.125. The van der Waals surface area contributed by atoms with Crippen LogP contribution in [0.5, 0.6) is 0 Å². The first-order valence-corrected chi connectivity index (χ1v) is 13.1. The van der Waals surface area contributed by atoms with Crippen LogP contribution in [0.1, 0.15) is 70.9 Å². The lowest BCUT2D eigenvalue weighted by Crippen LogP contribution is -2.54. The van der Waals surface area contributed by atoms with Gasteiger partial charge in [0.25, 0.3) is 5.91 Å². The standard InChI is InChI=1S/C28H38N4O3/c1-4-28(34)13-9-24-22-6-5-19-15-20(7-11-26(19,2)23(22)8-12-27(24,28)3)32-35-17-25(33)30-14-10-21-16-29-18-31-21/h1,15-16,18,22-24,34H,5-14,17H2,2-3H3,(H,29,31)(H,30,33)/b32-20+/t22-,23-,24+,26-,27-,28+/m0/s1. The topological polar surface area (TPSA) is 99.6 Å². The number of hydrogen-bond donors (Lipinski definition) is 3. The molecule has 6 atom stereocenters. The van der Waals surface area contributed by atoms with Crippen molar-refractivity contribution < 1.29 is 14.7 Å². The van der Waals surface area contributed by atoms with Gasteiger partial charge in [0, 0.05) is 30.3 Å². The summed E-state index contributed by atoms with van der Waals surface area (Å²) in [5, 5.41) is 18.3. The summed E-state index contributed by atoms with van der Waals surface area (Å²) in [7, 11) is 0. The zero-order valence-corrected chi connectivity index (χ0v) is 21.0. The maximum atomic E-state index is 12.1. The molecule has 0 radical (unpaired) electrons. The number of aromatic nitrogens is 2. The number of oxime groups is 1. The first kappa shape index (κ1) is 24.1. The van der Waals surface area contributed by atoms with Gasteiger partial charge in [-0.15, -0.1) is 6.42 Å². The third kappa shape index (κ3) is 4.10. The number of hydrogen-bond acceptors (Lipinski definition) is 5. The number of allylic oxidation sites excluding steroid dienone is 2. The number of aromatic amines is 1. The summed E-state index contributed by atoms with van der Waals surface area (Å²) in [6, 6.07) is 0. The van der Waals surface area contributed by atoms with Gasteiger partial charge in [0.1, 0.15) is 5.60 Å². The third-order valence-electron chi connectivity index (χ3n) is 10.0. The number of imidazole rings is 1. The van der Waals surface area contributed by atoms with Gasteiger partial charge in [-0.05, 0) is 80.6 Å². The van der Waals surface area contributed by atoms with Crippen molar-refractivity contribution in [1.82, 2.24) is 15.3 Å². The van der Waals surface area contributed by atoms with Crippen molar-refractivity contribution in [2.75, 3.05) is 13.2 Å². The Balaban J connectivity index is 1.19. The molecule has 1 aromatic heterocycles. The monoisotopic (exact) mass is 478 g/mol. The van der Waals surface area contributed by atoms with Crippen molar-refractivity contribution in [2.45, 2.75) is 77.2 Å². The Hall–Kier alpha value is -2.59. The van der Waals surface area contributed by atoms with Crippen LogP contribution in [0.2, 0.25) is 0 Å². The van der Waals surface area contributed by atoms with Gasteiger partial charge in [0.2, 0.25) is 0 Å². The first-order chi connectivity index (χ1) is 16.8. The van der Waals surface area contributed by atoms with Crippen LogP contribution in [-0.2, 0) is 16.1 Å². The normalized spacial score (nSPS) is 39.1. The second-order valence-corrected chi connectivity index (χ2v) is 11.5. The number of amides is 1. The van der Waals surface area contributed by atoms with Gasteiger partial charge < -0.3 is 20.2 Å². The van der Waals surface area contributed by atoms with E-state index in [9.17, 15) is 9.90 Å². The summed E-state index contributed by atoms with van der Waals surface area (Å²) in [5.74, 6) is 4.36. The van der Waals surface area contributed by atoms with Gasteiger partial charge >= 0.3 is 0 Å². The van der Waals surface area contributed by atoms with Crippen LogP contribution >= 0.6 is 0 Å². The zero-order chi connectivity index (χ0) is 24.7. The Labute approximate surface area is 208 Å². The zero-order valence-electron chi connectivity index (χ0n) is 21.0. The number of nitrogens with zero attached hydrogens (tertiary/aromatic N) is 2. The van der Waals surface area contributed by atoms with Gasteiger partial charge in [-0.1, -0.05) is 30.5 Å². The van der Waals surface area contributed by atoms with Crippen LogP contribution in [-0.4, -0.2) is 45.4 Å². The average Bonchev–Trinajstić information content (AvgIpc) is 3.45. The van der Waals surface area contributed by atoms with Crippen LogP contribution in [0.25, 0.3) is 0 Å². The molecule has 35 heavy (non-hydrogen) atoms. The van der Waals surface area contributed by atoms with Gasteiger partial charge in [-0.2, -0.15) is 0 Å². The molecule has 4 aliphatic rings.